The minimum absolute atomic E-state index is 0.0759. The van der Waals surface area contributed by atoms with E-state index in [4.69, 9.17) is 4.98 Å². The molecule has 0 saturated carbocycles. The average molecular weight is 635 g/mol. The standard InChI is InChI=1S/C44H34N4O/c1-28(2)46(40-19-11-15-36-41(40)33-12-5-7-14-35(33)44(36,3)4)31-24-20-29(21-25-31)30-22-26-32(27-23-30)47-42(49)34-13-6-9-17-38(34)48-39-18-10-8-16-37(39)45-43(47)48/h5-27H,1H2,2-4H3. The predicted octanol–water partition coefficient (Wildman–Crippen LogP) is 10.4. The van der Waals surface area contributed by atoms with Crippen LogP contribution in [0.25, 0.3) is 55.7 Å². The van der Waals surface area contributed by atoms with Crippen LogP contribution in [0.4, 0.5) is 11.4 Å². The van der Waals surface area contributed by atoms with E-state index in [0.29, 0.717) is 11.2 Å². The molecule has 1 aliphatic carbocycles. The molecular formula is C44H34N4O. The van der Waals surface area contributed by atoms with Gasteiger partial charge in [-0.25, -0.2) is 9.55 Å². The summed E-state index contributed by atoms with van der Waals surface area (Å²) in [6.07, 6.45) is 0. The molecule has 0 bridgehead atoms. The number of benzene rings is 6. The molecule has 2 aromatic heterocycles. The highest BCUT2D eigenvalue weighted by atomic mass is 16.1. The smallest absolute Gasteiger partial charge is 0.267 e. The van der Waals surface area contributed by atoms with Crippen molar-refractivity contribution in [3.8, 4) is 27.9 Å². The van der Waals surface area contributed by atoms with E-state index < -0.39 is 0 Å². The number of para-hydroxylation sites is 3. The summed E-state index contributed by atoms with van der Waals surface area (Å²) in [6, 6.07) is 47.9. The SMILES string of the molecule is C=C(C)N(c1ccc(-c2ccc(-n3c(=O)c4ccccc4n4c5ccccc5nc34)cc2)cc1)c1cccc2c1-c1ccccc1C2(C)C. The number of rotatable bonds is 5. The average Bonchev–Trinajstić information content (AvgIpc) is 3.62. The van der Waals surface area contributed by atoms with Crippen molar-refractivity contribution in [2.75, 3.05) is 4.90 Å². The first-order valence-corrected chi connectivity index (χ1v) is 16.6. The lowest BCUT2D eigenvalue weighted by molar-refractivity contribution is 0.660. The number of hydrogen-bond acceptors (Lipinski definition) is 3. The van der Waals surface area contributed by atoms with Crippen molar-refractivity contribution in [3.05, 3.63) is 173 Å². The van der Waals surface area contributed by atoms with Crippen molar-refractivity contribution >= 4 is 39.1 Å². The van der Waals surface area contributed by atoms with Gasteiger partial charge in [0.15, 0.2) is 0 Å². The number of imidazole rings is 1. The van der Waals surface area contributed by atoms with Crippen molar-refractivity contribution in [2.45, 2.75) is 26.2 Å². The molecule has 9 rings (SSSR count). The maximum absolute atomic E-state index is 13.9. The summed E-state index contributed by atoms with van der Waals surface area (Å²) < 4.78 is 3.80. The Bertz CT molecular complexity index is 2680. The van der Waals surface area contributed by atoms with E-state index in [-0.39, 0.29) is 11.0 Å². The maximum atomic E-state index is 13.9. The molecule has 8 aromatic rings. The summed E-state index contributed by atoms with van der Waals surface area (Å²) in [6.45, 7) is 11.1. The van der Waals surface area contributed by atoms with Gasteiger partial charge in [0.05, 0.1) is 33.3 Å². The van der Waals surface area contributed by atoms with E-state index in [2.05, 4.69) is 116 Å². The Morgan fingerprint density at radius 1 is 0.694 bits per heavy atom. The molecule has 1 aliphatic rings. The van der Waals surface area contributed by atoms with Crippen LogP contribution in [0.3, 0.4) is 0 Å². The van der Waals surface area contributed by atoms with Gasteiger partial charge in [-0.15, -0.1) is 0 Å². The summed E-state index contributed by atoms with van der Waals surface area (Å²) in [5.41, 5.74) is 13.8. The molecule has 2 heterocycles. The van der Waals surface area contributed by atoms with Crippen LogP contribution in [-0.2, 0) is 5.41 Å². The Labute approximate surface area is 284 Å². The Morgan fingerprint density at radius 2 is 1.33 bits per heavy atom. The van der Waals surface area contributed by atoms with Crippen molar-refractivity contribution in [2.24, 2.45) is 0 Å². The Kier molecular flexibility index (Phi) is 6.30. The first kappa shape index (κ1) is 29.0. The summed E-state index contributed by atoms with van der Waals surface area (Å²) in [5.74, 6) is 0.597. The fraction of sp³-hybridized carbons (Fsp3) is 0.0909. The van der Waals surface area contributed by atoms with Gasteiger partial charge >= 0.3 is 0 Å². The molecule has 236 valence electrons. The Hall–Kier alpha value is -6.20. The molecule has 0 fully saturated rings. The van der Waals surface area contributed by atoms with Crippen LogP contribution >= 0.6 is 0 Å². The molecule has 49 heavy (non-hydrogen) atoms. The molecule has 0 amide bonds. The van der Waals surface area contributed by atoms with Crippen LogP contribution in [0, 0.1) is 0 Å². The second-order valence-corrected chi connectivity index (χ2v) is 13.4. The molecule has 0 atom stereocenters. The number of anilines is 2. The second-order valence-electron chi connectivity index (χ2n) is 13.4. The zero-order chi connectivity index (χ0) is 33.4. The van der Waals surface area contributed by atoms with Gasteiger partial charge in [0.25, 0.3) is 5.56 Å². The first-order valence-electron chi connectivity index (χ1n) is 16.6. The molecule has 0 aliphatic heterocycles. The molecule has 0 unspecified atom stereocenters. The molecule has 6 aromatic carbocycles. The summed E-state index contributed by atoms with van der Waals surface area (Å²) >= 11 is 0. The van der Waals surface area contributed by atoms with Gasteiger partial charge < -0.3 is 4.90 Å². The molecule has 5 nitrogen and oxygen atoms in total. The molecule has 0 saturated heterocycles. The van der Waals surface area contributed by atoms with Gasteiger partial charge in [0.1, 0.15) is 0 Å². The molecule has 0 spiro atoms. The zero-order valence-corrected chi connectivity index (χ0v) is 27.7. The lowest BCUT2D eigenvalue weighted by Gasteiger charge is -2.28. The van der Waals surface area contributed by atoms with E-state index in [1.165, 1.54) is 22.3 Å². The highest BCUT2D eigenvalue weighted by Gasteiger charge is 2.37. The van der Waals surface area contributed by atoms with Gasteiger partial charge in [-0.05, 0) is 89.3 Å². The first-order chi connectivity index (χ1) is 23.8. The third-order valence-corrected chi connectivity index (χ3v) is 10.1. The van der Waals surface area contributed by atoms with Crippen molar-refractivity contribution in [3.63, 3.8) is 0 Å². The quantitative estimate of drug-likeness (QED) is 0.189. The fourth-order valence-electron chi connectivity index (χ4n) is 7.79. The van der Waals surface area contributed by atoms with Gasteiger partial charge in [-0.1, -0.05) is 105 Å². The van der Waals surface area contributed by atoms with Crippen LogP contribution < -0.4 is 10.5 Å². The van der Waals surface area contributed by atoms with Crippen LogP contribution in [0.1, 0.15) is 31.9 Å². The van der Waals surface area contributed by atoms with Gasteiger partial charge in [-0.2, -0.15) is 0 Å². The lowest BCUT2D eigenvalue weighted by Crippen LogP contribution is -2.21. The monoisotopic (exact) mass is 634 g/mol. The van der Waals surface area contributed by atoms with Gasteiger partial charge in [-0.3, -0.25) is 9.20 Å². The third kappa shape index (κ3) is 4.25. The van der Waals surface area contributed by atoms with Crippen molar-refractivity contribution in [1.29, 1.82) is 0 Å². The number of fused-ring (bicyclic) bond motifs is 8. The van der Waals surface area contributed by atoms with E-state index in [1.54, 1.807) is 4.57 Å². The maximum Gasteiger partial charge on any atom is 0.267 e. The number of allylic oxidation sites excluding steroid dienone is 1. The molecule has 0 radical (unpaired) electrons. The van der Waals surface area contributed by atoms with Crippen LogP contribution in [-0.4, -0.2) is 14.0 Å². The summed E-state index contributed by atoms with van der Waals surface area (Å²) in [7, 11) is 0. The lowest BCUT2D eigenvalue weighted by atomic mass is 9.82. The van der Waals surface area contributed by atoms with Gasteiger partial charge in [0, 0.05) is 22.4 Å². The topological polar surface area (TPSA) is 42.5 Å². The number of nitrogens with zero attached hydrogens (tertiary/aromatic N) is 4. The molecular weight excluding hydrogens is 601 g/mol. The normalized spacial score (nSPS) is 13.1. The fourth-order valence-corrected chi connectivity index (χ4v) is 7.79. The third-order valence-electron chi connectivity index (χ3n) is 10.1. The van der Waals surface area contributed by atoms with E-state index in [0.717, 1.165) is 50.4 Å². The highest BCUT2D eigenvalue weighted by molar-refractivity contribution is 5.93. The van der Waals surface area contributed by atoms with E-state index in [1.807, 2.05) is 60.7 Å². The number of hydrogen-bond donors (Lipinski definition) is 0. The molecule has 0 N–H and O–H groups in total. The van der Waals surface area contributed by atoms with Crippen LogP contribution in [0.15, 0.2) is 157 Å². The van der Waals surface area contributed by atoms with Crippen molar-refractivity contribution < 1.29 is 0 Å². The molecule has 5 heteroatoms. The summed E-state index contributed by atoms with van der Waals surface area (Å²) in [4.78, 5) is 21.1. The Balaban J connectivity index is 1.10. The van der Waals surface area contributed by atoms with E-state index >= 15 is 0 Å². The van der Waals surface area contributed by atoms with Crippen LogP contribution in [0.2, 0.25) is 0 Å². The predicted molar refractivity (Wildman–Crippen MR) is 202 cm³/mol. The van der Waals surface area contributed by atoms with Gasteiger partial charge in [0.2, 0.25) is 5.78 Å². The van der Waals surface area contributed by atoms with E-state index in [9.17, 15) is 4.79 Å². The Morgan fingerprint density at radius 3 is 2.08 bits per heavy atom. The minimum Gasteiger partial charge on any atom is -0.314 e. The zero-order valence-electron chi connectivity index (χ0n) is 27.7. The van der Waals surface area contributed by atoms with Crippen LogP contribution in [0.5, 0.6) is 0 Å². The minimum atomic E-state index is -0.0891. The van der Waals surface area contributed by atoms with Crippen molar-refractivity contribution in [1.82, 2.24) is 14.0 Å². The highest BCUT2D eigenvalue weighted by Crippen LogP contribution is 2.53. The largest absolute Gasteiger partial charge is 0.314 e. The number of aromatic nitrogens is 3. The summed E-state index contributed by atoms with van der Waals surface area (Å²) in [5, 5.41) is 0.649. The second kappa shape index (κ2) is 10.7.